The average Bonchev–Trinajstić information content (AvgIpc) is 2.88. The van der Waals surface area contributed by atoms with Crippen molar-refractivity contribution in [3.8, 4) is 11.4 Å². The molecule has 0 radical (unpaired) electrons. The number of hydrogen-bond acceptors (Lipinski definition) is 4. The molecule has 2 heterocycles. The van der Waals surface area contributed by atoms with Crippen LogP contribution in [-0.4, -0.2) is 26.2 Å². The molecule has 6 heteroatoms. The van der Waals surface area contributed by atoms with Crippen LogP contribution in [0, 0.1) is 5.82 Å². The smallest absolute Gasteiger partial charge is 0.210 e. The van der Waals surface area contributed by atoms with E-state index < -0.39 is 0 Å². The normalized spacial score (nSPS) is 24.6. The zero-order chi connectivity index (χ0) is 13.5. The van der Waals surface area contributed by atoms with Crippen molar-refractivity contribution >= 4 is 11.8 Å². The molecule has 2 atom stereocenters. The van der Waals surface area contributed by atoms with Gasteiger partial charge < -0.3 is 5.43 Å². The van der Waals surface area contributed by atoms with Crippen LogP contribution in [0.3, 0.4) is 0 Å². The maximum absolute atomic E-state index is 13.0. The highest BCUT2D eigenvalue weighted by molar-refractivity contribution is 7.99. The van der Waals surface area contributed by atoms with Crippen LogP contribution in [0.2, 0.25) is 0 Å². The predicted octanol–water partition coefficient (Wildman–Crippen LogP) is 3.04. The second-order valence-corrected chi connectivity index (χ2v) is 6.53. The third-order valence-corrected chi connectivity index (χ3v) is 5.33. The summed E-state index contributed by atoms with van der Waals surface area (Å²) in [6.45, 7) is 0. The maximum Gasteiger partial charge on any atom is 0.210 e. The first-order valence-electron chi connectivity index (χ1n) is 6.96. The fourth-order valence-corrected chi connectivity index (χ4v) is 4.18. The van der Waals surface area contributed by atoms with Crippen LogP contribution in [0.1, 0.15) is 25.7 Å². The molecule has 2 unspecified atom stereocenters. The predicted molar refractivity (Wildman–Crippen MR) is 76.7 cm³/mol. The lowest BCUT2D eigenvalue weighted by molar-refractivity contribution is 0.432. The molecule has 104 valence electrons. The van der Waals surface area contributed by atoms with Gasteiger partial charge in [0.05, 0.1) is 6.04 Å². The number of nitrogens with zero attached hydrogens (tertiary/aromatic N) is 3. The number of fused-ring (bicyclic) bond motifs is 2. The first kappa shape index (κ1) is 12.2. The summed E-state index contributed by atoms with van der Waals surface area (Å²) in [7, 11) is 0. The molecule has 4 rings (SSSR count). The zero-order valence-corrected chi connectivity index (χ0v) is 11.7. The minimum Gasteiger partial charge on any atom is -0.318 e. The van der Waals surface area contributed by atoms with E-state index >= 15 is 0 Å². The van der Waals surface area contributed by atoms with Gasteiger partial charge in [-0.3, -0.25) is 0 Å². The third kappa shape index (κ3) is 1.98. The quantitative estimate of drug-likeness (QED) is 0.876. The van der Waals surface area contributed by atoms with Crippen molar-refractivity contribution in [3.05, 3.63) is 30.1 Å². The van der Waals surface area contributed by atoms with Crippen molar-refractivity contribution in [2.45, 2.75) is 42.1 Å². The van der Waals surface area contributed by atoms with Crippen LogP contribution in [0.4, 0.5) is 4.39 Å². The van der Waals surface area contributed by atoms with Crippen molar-refractivity contribution in [1.29, 1.82) is 0 Å². The lowest BCUT2D eigenvalue weighted by atomic mass is 9.95. The van der Waals surface area contributed by atoms with E-state index in [1.54, 1.807) is 12.1 Å². The van der Waals surface area contributed by atoms with Crippen LogP contribution >= 0.6 is 11.8 Å². The highest BCUT2D eigenvalue weighted by Gasteiger charge is 2.33. The summed E-state index contributed by atoms with van der Waals surface area (Å²) < 4.78 is 15.0. The number of aromatic nitrogens is 3. The van der Waals surface area contributed by atoms with Gasteiger partial charge in [-0.25, -0.2) is 9.07 Å². The van der Waals surface area contributed by atoms with Gasteiger partial charge in [-0.1, -0.05) is 24.6 Å². The molecule has 1 N–H and O–H groups in total. The largest absolute Gasteiger partial charge is 0.318 e. The Kier molecular flexibility index (Phi) is 2.91. The number of thioether (sulfide) groups is 1. The summed E-state index contributed by atoms with van der Waals surface area (Å²) in [4.78, 5) is 0. The van der Waals surface area contributed by atoms with Gasteiger partial charge in [0.25, 0.3) is 0 Å². The topological polar surface area (TPSA) is 42.7 Å². The average molecular weight is 290 g/mol. The van der Waals surface area contributed by atoms with E-state index in [1.165, 1.54) is 37.8 Å². The van der Waals surface area contributed by atoms with Gasteiger partial charge in [0.1, 0.15) is 5.82 Å². The molecule has 0 saturated heterocycles. The van der Waals surface area contributed by atoms with E-state index in [2.05, 4.69) is 15.6 Å². The Labute approximate surface area is 120 Å². The molecular weight excluding hydrogens is 275 g/mol. The Morgan fingerprint density at radius 1 is 1.15 bits per heavy atom. The van der Waals surface area contributed by atoms with E-state index in [-0.39, 0.29) is 5.82 Å². The maximum atomic E-state index is 13.0. The minimum absolute atomic E-state index is 0.234. The molecule has 4 nitrogen and oxygen atoms in total. The Balaban J connectivity index is 1.70. The summed E-state index contributed by atoms with van der Waals surface area (Å²) >= 11 is 1.81. The Morgan fingerprint density at radius 2 is 1.95 bits per heavy atom. The third-order valence-electron chi connectivity index (χ3n) is 3.99. The molecule has 0 spiro atoms. The van der Waals surface area contributed by atoms with Crippen molar-refractivity contribution in [1.82, 2.24) is 14.9 Å². The van der Waals surface area contributed by atoms with E-state index in [0.717, 1.165) is 16.5 Å². The minimum atomic E-state index is -0.234. The highest BCUT2D eigenvalue weighted by Crippen LogP contribution is 2.38. The van der Waals surface area contributed by atoms with Gasteiger partial charge in [-0.2, -0.15) is 0 Å². The molecule has 1 aromatic heterocycles. The zero-order valence-electron chi connectivity index (χ0n) is 10.9. The van der Waals surface area contributed by atoms with Crippen LogP contribution in [0.15, 0.2) is 29.4 Å². The number of nitrogens with one attached hydrogen (secondary N) is 1. The number of rotatable bonds is 1. The van der Waals surface area contributed by atoms with Crippen molar-refractivity contribution < 1.29 is 4.39 Å². The molecule has 1 aliphatic heterocycles. The Morgan fingerprint density at radius 3 is 2.80 bits per heavy atom. The summed E-state index contributed by atoms with van der Waals surface area (Å²) in [5.41, 5.74) is 4.42. The molecule has 1 saturated carbocycles. The molecular formula is C14H15FN4S. The van der Waals surface area contributed by atoms with Crippen LogP contribution in [0.5, 0.6) is 0 Å². The number of halogens is 1. The van der Waals surface area contributed by atoms with E-state index in [4.69, 9.17) is 0 Å². The fraction of sp³-hybridized carbons (Fsp3) is 0.429. The first-order valence-corrected chi connectivity index (χ1v) is 7.84. The van der Waals surface area contributed by atoms with Gasteiger partial charge in [0, 0.05) is 10.8 Å². The number of benzene rings is 1. The monoisotopic (exact) mass is 290 g/mol. The molecule has 20 heavy (non-hydrogen) atoms. The van der Waals surface area contributed by atoms with Crippen molar-refractivity contribution in [2.24, 2.45) is 0 Å². The lowest BCUT2D eigenvalue weighted by Crippen LogP contribution is -2.42. The van der Waals surface area contributed by atoms with Crippen LogP contribution in [0.25, 0.3) is 11.4 Å². The molecule has 0 bridgehead atoms. The Hall–Kier alpha value is -1.56. The fourth-order valence-electron chi connectivity index (χ4n) is 2.94. The standard InChI is InChI=1S/C14H15FN4S/c15-10-7-5-9(6-8-10)13-16-17-14-19(13)18-11-3-1-2-4-12(11)20-14/h5-8,11-12,18H,1-4H2. The molecule has 2 aliphatic rings. The summed E-state index contributed by atoms with van der Waals surface area (Å²) in [6.07, 6.45) is 5.01. The van der Waals surface area contributed by atoms with Crippen LogP contribution < -0.4 is 5.43 Å². The lowest BCUT2D eigenvalue weighted by Gasteiger charge is -2.36. The molecule has 1 aromatic carbocycles. The second kappa shape index (κ2) is 4.77. The molecule has 1 fully saturated rings. The van der Waals surface area contributed by atoms with E-state index in [0.29, 0.717) is 11.3 Å². The van der Waals surface area contributed by atoms with Gasteiger partial charge in [0.15, 0.2) is 5.82 Å². The summed E-state index contributed by atoms with van der Waals surface area (Å²) in [5.74, 6) is 0.526. The van der Waals surface area contributed by atoms with Crippen LogP contribution in [-0.2, 0) is 0 Å². The second-order valence-electron chi connectivity index (χ2n) is 5.32. The van der Waals surface area contributed by atoms with Gasteiger partial charge >= 0.3 is 0 Å². The van der Waals surface area contributed by atoms with Gasteiger partial charge in [-0.05, 0) is 37.1 Å². The summed E-state index contributed by atoms with van der Waals surface area (Å²) in [6, 6.07) is 6.88. The molecule has 1 aliphatic carbocycles. The molecule has 0 amide bonds. The SMILES string of the molecule is Fc1ccc(-c2nnc3n2NC2CCCCC2S3)cc1. The first-order chi connectivity index (χ1) is 9.81. The highest BCUT2D eigenvalue weighted by atomic mass is 32.2. The molecule has 2 aromatic rings. The number of hydrogen-bond donors (Lipinski definition) is 1. The van der Waals surface area contributed by atoms with E-state index in [9.17, 15) is 4.39 Å². The van der Waals surface area contributed by atoms with Gasteiger partial charge in [-0.15, -0.1) is 10.2 Å². The Bertz CT molecular complexity index is 625. The van der Waals surface area contributed by atoms with E-state index in [1.807, 2.05) is 16.4 Å². The van der Waals surface area contributed by atoms with Crippen molar-refractivity contribution in [2.75, 3.05) is 5.43 Å². The van der Waals surface area contributed by atoms with Crippen molar-refractivity contribution in [3.63, 3.8) is 0 Å². The van der Waals surface area contributed by atoms with Gasteiger partial charge in [0.2, 0.25) is 5.16 Å². The summed E-state index contributed by atoms with van der Waals surface area (Å²) in [5, 5.41) is 10.0.